The topological polar surface area (TPSA) is 102 Å². The summed E-state index contributed by atoms with van der Waals surface area (Å²) in [6.07, 6.45) is 1.39. The van der Waals surface area contributed by atoms with Gasteiger partial charge in [-0.2, -0.15) is 0 Å². The molecular weight excluding hydrogens is 376 g/mol. The molecule has 2 aromatic rings. The molecule has 0 unspecified atom stereocenters. The molecule has 0 spiro atoms. The molecule has 148 valence electrons. The summed E-state index contributed by atoms with van der Waals surface area (Å²) >= 11 is 0. The van der Waals surface area contributed by atoms with Crippen molar-refractivity contribution < 1.29 is 28.7 Å². The number of rotatable bonds is 5. The van der Waals surface area contributed by atoms with Crippen LogP contribution < -0.4 is 15.0 Å². The second-order valence-electron chi connectivity index (χ2n) is 6.00. The van der Waals surface area contributed by atoms with Gasteiger partial charge in [-0.3, -0.25) is 14.9 Å². The highest BCUT2D eigenvalue weighted by molar-refractivity contribution is 6.39. The first-order valence-corrected chi connectivity index (χ1v) is 8.77. The molecule has 1 fully saturated rings. The molecule has 0 aliphatic carbocycles. The molecule has 1 N–H and O–H groups in total. The number of hydrogen-bond donors (Lipinski definition) is 1. The van der Waals surface area contributed by atoms with E-state index < -0.39 is 23.8 Å². The summed E-state index contributed by atoms with van der Waals surface area (Å²) < 4.78 is 10.0. The molecule has 0 bridgehead atoms. The Kier molecular flexibility index (Phi) is 5.73. The number of ether oxygens (including phenoxy) is 2. The Morgan fingerprint density at radius 3 is 2.48 bits per heavy atom. The number of benzene rings is 2. The van der Waals surface area contributed by atoms with Gasteiger partial charge >= 0.3 is 12.0 Å². The summed E-state index contributed by atoms with van der Waals surface area (Å²) in [5.74, 6) is -1.51. The first-order chi connectivity index (χ1) is 13.9. The molecule has 1 aliphatic heterocycles. The van der Waals surface area contributed by atoms with Crippen molar-refractivity contribution in [1.29, 1.82) is 0 Å². The Hall–Kier alpha value is -3.94. The van der Waals surface area contributed by atoms with E-state index in [-0.39, 0.29) is 16.8 Å². The molecule has 0 aromatic heterocycles. The Balaban J connectivity index is 1.94. The van der Waals surface area contributed by atoms with Crippen LogP contribution in [0.2, 0.25) is 0 Å². The van der Waals surface area contributed by atoms with Crippen LogP contribution in [0.15, 0.2) is 54.1 Å². The third-order valence-corrected chi connectivity index (χ3v) is 4.13. The summed E-state index contributed by atoms with van der Waals surface area (Å²) in [5.41, 5.74) is 0.849. The molecule has 1 saturated heterocycles. The van der Waals surface area contributed by atoms with Crippen molar-refractivity contribution in [3.8, 4) is 5.75 Å². The van der Waals surface area contributed by atoms with E-state index in [0.717, 1.165) is 4.90 Å². The largest absolute Gasteiger partial charge is 0.494 e. The van der Waals surface area contributed by atoms with Crippen molar-refractivity contribution in [3.63, 3.8) is 0 Å². The van der Waals surface area contributed by atoms with Gasteiger partial charge in [-0.05, 0) is 55.0 Å². The monoisotopic (exact) mass is 394 g/mol. The molecule has 2 aromatic carbocycles. The third kappa shape index (κ3) is 4.16. The fourth-order valence-electron chi connectivity index (χ4n) is 2.78. The second-order valence-corrected chi connectivity index (χ2v) is 6.00. The minimum Gasteiger partial charge on any atom is -0.494 e. The van der Waals surface area contributed by atoms with E-state index in [9.17, 15) is 19.2 Å². The fourth-order valence-corrected chi connectivity index (χ4v) is 2.78. The van der Waals surface area contributed by atoms with E-state index in [4.69, 9.17) is 4.74 Å². The summed E-state index contributed by atoms with van der Waals surface area (Å²) in [7, 11) is 1.25. The first-order valence-electron chi connectivity index (χ1n) is 8.77. The maximum Gasteiger partial charge on any atom is 0.337 e. The van der Waals surface area contributed by atoms with Gasteiger partial charge in [0, 0.05) is 0 Å². The Morgan fingerprint density at radius 2 is 1.83 bits per heavy atom. The highest BCUT2D eigenvalue weighted by Gasteiger charge is 2.36. The number of nitrogens with zero attached hydrogens (tertiary/aromatic N) is 1. The molecule has 0 saturated carbocycles. The quantitative estimate of drug-likeness (QED) is 0.475. The van der Waals surface area contributed by atoms with Gasteiger partial charge in [0.05, 0.1) is 25.0 Å². The minimum absolute atomic E-state index is 0.199. The van der Waals surface area contributed by atoms with Gasteiger partial charge in [-0.15, -0.1) is 0 Å². The zero-order valence-corrected chi connectivity index (χ0v) is 15.8. The normalized spacial score (nSPS) is 15.3. The van der Waals surface area contributed by atoms with Gasteiger partial charge < -0.3 is 9.47 Å². The Bertz CT molecular complexity index is 1010. The lowest BCUT2D eigenvalue weighted by molar-refractivity contribution is -0.122. The van der Waals surface area contributed by atoms with Crippen LogP contribution in [0.4, 0.5) is 10.5 Å². The van der Waals surface area contributed by atoms with E-state index in [2.05, 4.69) is 10.1 Å². The number of imide groups is 2. The van der Waals surface area contributed by atoms with Gasteiger partial charge in [0.2, 0.25) is 0 Å². The fraction of sp³-hybridized carbons (Fsp3) is 0.143. The van der Waals surface area contributed by atoms with Crippen molar-refractivity contribution in [3.05, 3.63) is 65.2 Å². The lowest BCUT2D eigenvalue weighted by Crippen LogP contribution is -2.54. The number of methoxy groups -OCH3 is 1. The first kappa shape index (κ1) is 19.8. The SMILES string of the molecule is CCOc1cccc(/C=C2/C(=O)NC(=O)N(c3ccc(C(=O)OC)cc3)C2=O)c1. The molecule has 1 aliphatic rings. The number of esters is 1. The van der Waals surface area contributed by atoms with Crippen molar-refractivity contribution in [2.24, 2.45) is 0 Å². The van der Waals surface area contributed by atoms with Crippen LogP contribution >= 0.6 is 0 Å². The van der Waals surface area contributed by atoms with Crippen LogP contribution in [-0.4, -0.2) is 37.5 Å². The summed E-state index contributed by atoms with van der Waals surface area (Å²) in [6, 6.07) is 11.7. The van der Waals surface area contributed by atoms with Crippen LogP contribution in [0.5, 0.6) is 5.75 Å². The number of urea groups is 1. The number of amides is 4. The molecular formula is C21H18N2O6. The van der Waals surface area contributed by atoms with E-state index in [1.54, 1.807) is 24.3 Å². The van der Waals surface area contributed by atoms with Crippen LogP contribution in [0.25, 0.3) is 6.08 Å². The lowest BCUT2D eigenvalue weighted by Gasteiger charge is -2.26. The number of carbonyl (C=O) groups is 4. The molecule has 0 atom stereocenters. The van der Waals surface area contributed by atoms with Crippen LogP contribution in [-0.2, 0) is 14.3 Å². The average Bonchev–Trinajstić information content (AvgIpc) is 2.71. The van der Waals surface area contributed by atoms with Crippen molar-refractivity contribution in [1.82, 2.24) is 5.32 Å². The van der Waals surface area contributed by atoms with Gasteiger partial charge in [0.1, 0.15) is 11.3 Å². The standard InChI is InChI=1S/C21H18N2O6/c1-3-29-16-6-4-5-13(11-16)12-17-18(24)22-21(27)23(19(17)25)15-9-7-14(8-10-15)20(26)28-2/h4-12H,3H2,1-2H3,(H,22,24,27)/b17-12-. The Labute approximate surface area is 166 Å². The predicted molar refractivity (Wildman–Crippen MR) is 104 cm³/mol. The maximum atomic E-state index is 12.9. The molecule has 29 heavy (non-hydrogen) atoms. The zero-order chi connectivity index (χ0) is 21.0. The minimum atomic E-state index is -0.869. The van der Waals surface area contributed by atoms with Gasteiger partial charge in [0.15, 0.2) is 0 Å². The number of anilines is 1. The van der Waals surface area contributed by atoms with E-state index in [1.165, 1.54) is 37.5 Å². The smallest absolute Gasteiger partial charge is 0.337 e. The van der Waals surface area contributed by atoms with Crippen molar-refractivity contribution >= 4 is 35.6 Å². The second kappa shape index (κ2) is 8.39. The van der Waals surface area contributed by atoms with E-state index in [1.807, 2.05) is 6.92 Å². The highest BCUT2D eigenvalue weighted by atomic mass is 16.5. The van der Waals surface area contributed by atoms with Crippen LogP contribution in [0.3, 0.4) is 0 Å². The van der Waals surface area contributed by atoms with Gasteiger partial charge in [-0.25, -0.2) is 14.5 Å². The number of hydrogen-bond acceptors (Lipinski definition) is 6. The lowest BCUT2D eigenvalue weighted by atomic mass is 10.1. The summed E-state index contributed by atoms with van der Waals surface area (Å²) in [4.78, 5) is 49.8. The average molecular weight is 394 g/mol. The van der Waals surface area contributed by atoms with Gasteiger partial charge in [-0.1, -0.05) is 12.1 Å². The number of nitrogens with one attached hydrogen (secondary N) is 1. The third-order valence-electron chi connectivity index (χ3n) is 4.13. The van der Waals surface area contributed by atoms with Gasteiger partial charge in [0.25, 0.3) is 11.8 Å². The number of carbonyl (C=O) groups excluding carboxylic acids is 4. The number of barbiturate groups is 1. The van der Waals surface area contributed by atoms with Crippen LogP contribution in [0.1, 0.15) is 22.8 Å². The molecule has 1 heterocycles. The van der Waals surface area contributed by atoms with E-state index >= 15 is 0 Å². The molecule has 3 rings (SSSR count). The maximum absolute atomic E-state index is 12.9. The van der Waals surface area contributed by atoms with Crippen LogP contribution in [0, 0.1) is 0 Å². The molecule has 4 amide bonds. The van der Waals surface area contributed by atoms with Crippen molar-refractivity contribution in [2.45, 2.75) is 6.92 Å². The molecule has 0 radical (unpaired) electrons. The predicted octanol–water partition coefficient (Wildman–Crippen LogP) is 2.54. The summed E-state index contributed by atoms with van der Waals surface area (Å²) in [5, 5.41) is 2.15. The van der Waals surface area contributed by atoms with Crippen molar-refractivity contribution in [2.75, 3.05) is 18.6 Å². The zero-order valence-electron chi connectivity index (χ0n) is 15.8. The molecule has 8 heteroatoms. The molecule has 8 nitrogen and oxygen atoms in total. The Morgan fingerprint density at radius 1 is 1.10 bits per heavy atom. The highest BCUT2D eigenvalue weighted by Crippen LogP contribution is 2.23. The summed E-state index contributed by atoms with van der Waals surface area (Å²) in [6.45, 7) is 2.32. The van der Waals surface area contributed by atoms with E-state index in [0.29, 0.717) is 17.9 Å².